The first-order chi connectivity index (χ1) is 8.25. The third-order valence-electron chi connectivity index (χ3n) is 2.95. The Morgan fingerprint density at radius 2 is 1.78 bits per heavy atom. The molecular weight excluding hydrogens is 250 g/mol. The molecule has 0 aromatic carbocycles. The standard InChI is InChI=1S/C12H29N3O2S/c1-6-9-13-10-8-11-15(5)18(16,17)14-12(3,4)7-2/h13-14H,6-11H2,1-5H3. The lowest BCUT2D eigenvalue weighted by Gasteiger charge is -2.27. The van der Waals surface area contributed by atoms with E-state index in [0.29, 0.717) is 6.54 Å². The van der Waals surface area contributed by atoms with E-state index in [9.17, 15) is 8.42 Å². The Kier molecular flexibility index (Phi) is 8.02. The van der Waals surface area contributed by atoms with Crippen molar-refractivity contribution in [1.29, 1.82) is 0 Å². The van der Waals surface area contributed by atoms with E-state index in [4.69, 9.17) is 0 Å². The average Bonchev–Trinajstić information content (AvgIpc) is 2.27. The van der Waals surface area contributed by atoms with Gasteiger partial charge in [0, 0.05) is 19.1 Å². The molecule has 18 heavy (non-hydrogen) atoms. The van der Waals surface area contributed by atoms with Crippen molar-refractivity contribution in [2.24, 2.45) is 0 Å². The largest absolute Gasteiger partial charge is 0.317 e. The van der Waals surface area contributed by atoms with Gasteiger partial charge in [0.05, 0.1) is 0 Å². The van der Waals surface area contributed by atoms with Crippen LogP contribution in [0.1, 0.15) is 47.0 Å². The molecule has 0 saturated heterocycles. The highest BCUT2D eigenvalue weighted by Gasteiger charge is 2.25. The molecule has 0 spiro atoms. The van der Waals surface area contributed by atoms with Crippen molar-refractivity contribution in [2.75, 3.05) is 26.7 Å². The summed E-state index contributed by atoms with van der Waals surface area (Å²) in [5.41, 5.74) is -0.395. The van der Waals surface area contributed by atoms with Gasteiger partial charge >= 0.3 is 0 Å². The quantitative estimate of drug-likeness (QED) is 0.593. The van der Waals surface area contributed by atoms with Gasteiger partial charge in [-0.15, -0.1) is 0 Å². The predicted molar refractivity (Wildman–Crippen MR) is 76.8 cm³/mol. The fourth-order valence-electron chi connectivity index (χ4n) is 1.35. The molecule has 2 N–H and O–H groups in total. The minimum absolute atomic E-state index is 0.395. The number of nitrogens with zero attached hydrogens (tertiary/aromatic N) is 1. The molecule has 110 valence electrons. The van der Waals surface area contributed by atoms with Crippen LogP contribution in [0.4, 0.5) is 0 Å². The Labute approximate surface area is 113 Å². The summed E-state index contributed by atoms with van der Waals surface area (Å²) in [5.74, 6) is 0. The van der Waals surface area contributed by atoms with Crippen LogP contribution >= 0.6 is 0 Å². The van der Waals surface area contributed by atoms with Gasteiger partial charge in [-0.2, -0.15) is 17.4 Å². The summed E-state index contributed by atoms with van der Waals surface area (Å²) in [5, 5.41) is 3.26. The van der Waals surface area contributed by atoms with Crippen LogP contribution in [-0.4, -0.2) is 44.9 Å². The lowest BCUT2D eigenvalue weighted by atomic mass is 10.0. The number of hydrogen-bond donors (Lipinski definition) is 2. The van der Waals surface area contributed by atoms with E-state index in [2.05, 4.69) is 17.0 Å². The monoisotopic (exact) mass is 279 g/mol. The molecule has 0 aliphatic carbocycles. The first-order valence-electron chi connectivity index (χ1n) is 6.71. The minimum Gasteiger partial charge on any atom is -0.317 e. The van der Waals surface area contributed by atoms with Gasteiger partial charge in [0.1, 0.15) is 0 Å². The minimum atomic E-state index is -3.37. The Morgan fingerprint density at radius 1 is 1.17 bits per heavy atom. The van der Waals surface area contributed by atoms with Gasteiger partial charge in [-0.25, -0.2) is 0 Å². The van der Waals surface area contributed by atoms with Gasteiger partial charge in [-0.05, 0) is 46.2 Å². The molecule has 0 rings (SSSR count). The van der Waals surface area contributed by atoms with Crippen LogP contribution in [0.25, 0.3) is 0 Å². The van der Waals surface area contributed by atoms with E-state index in [1.807, 2.05) is 20.8 Å². The molecule has 0 fully saturated rings. The molecule has 6 heteroatoms. The molecule has 0 heterocycles. The van der Waals surface area contributed by atoms with Crippen LogP contribution in [0.5, 0.6) is 0 Å². The molecule has 0 aliphatic rings. The van der Waals surface area contributed by atoms with E-state index in [1.54, 1.807) is 7.05 Å². The predicted octanol–water partition coefficient (Wildman–Crippen LogP) is 1.33. The van der Waals surface area contributed by atoms with Crippen LogP contribution in [0.2, 0.25) is 0 Å². The Balaban J connectivity index is 4.11. The fraction of sp³-hybridized carbons (Fsp3) is 1.00. The van der Waals surface area contributed by atoms with Gasteiger partial charge in [0.25, 0.3) is 10.2 Å². The summed E-state index contributed by atoms with van der Waals surface area (Å²) in [6.45, 7) is 10.2. The molecule has 0 saturated carbocycles. The van der Waals surface area contributed by atoms with Crippen molar-refractivity contribution in [3.63, 3.8) is 0 Å². The highest BCUT2D eigenvalue weighted by atomic mass is 32.2. The van der Waals surface area contributed by atoms with Crippen LogP contribution in [-0.2, 0) is 10.2 Å². The van der Waals surface area contributed by atoms with Crippen LogP contribution < -0.4 is 10.0 Å². The molecule has 0 aromatic heterocycles. The molecule has 0 atom stereocenters. The maximum atomic E-state index is 12.0. The van der Waals surface area contributed by atoms with Crippen molar-refractivity contribution >= 4 is 10.2 Å². The first kappa shape index (κ1) is 17.8. The lowest BCUT2D eigenvalue weighted by molar-refractivity contribution is 0.395. The summed E-state index contributed by atoms with van der Waals surface area (Å²) < 4.78 is 28.1. The molecular formula is C12H29N3O2S. The van der Waals surface area contributed by atoms with Crippen molar-refractivity contribution in [3.8, 4) is 0 Å². The second kappa shape index (κ2) is 8.09. The average molecular weight is 279 g/mol. The second-order valence-corrected chi connectivity index (χ2v) is 7.05. The third-order valence-corrected chi connectivity index (χ3v) is 4.77. The van der Waals surface area contributed by atoms with Gasteiger partial charge < -0.3 is 5.32 Å². The zero-order valence-electron chi connectivity index (χ0n) is 12.4. The van der Waals surface area contributed by atoms with E-state index >= 15 is 0 Å². The topological polar surface area (TPSA) is 61.4 Å². The highest BCUT2D eigenvalue weighted by Crippen LogP contribution is 2.10. The SMILES string of the molecule is CCCNCCCN(C)S(=O)(=O)NC(C)(C)CC. The molecule has 5 nitrogen and oxygen atoms in total. The molecule has 0 radical (unpaired) electrons. The number of hydrogen-bond acceptors (Lipinski definition) is 3. The summed E-state index contributed by atoms with van der Waals surface area (Å²) in [6.07, 6.45) is 2.68. The van der Waals surface area contributed by atoms with Crippen LogP contribution in [0, 0.1) is 0 Å². The highest BCUT2D eigenvalue weighted by molar-refractivity contribution is 7.87. The summed E-state index contributed by atoms with van der Waals surface area (Å²) in [4.78, 5) is 0. The summed E-state index contributed by atoms with van der Waals surface area (Å²) in [6, 6.07) is 0. The Morgan fingerprint density at radius 3 is 2.28 bits per heavy atom. The number of rotatable bonds is 10. The smallest absolute Gasteiger partial charge is 0.279 e. The zero-order chi connectivity index (χ0) is 14.2. The van der Waals surface area contributed by atoms with Crippen LogP contribution in [0.3, 0.4) is 0 Å². The summed E-state index contributed by atoms with van der Waals surface area (Å²) in [7, 11) is -1.75. The Bertz CT molecular complexity index is 315. The molecule has 0 unspecified atom stereocenters. The maximum Gasteiger partial charge on any atom is 0.279 e. The normalized spacial score (nSPS) is 13.2. The fourth-order valence-corrected chi connectivity index (χ4v) is 2.72. The van der Waals surface area contributed by atoms with Gasteiger partial charge in [0.2, 0.25) is 0 Å². The van der Waals surface area contributed by atoms with Crippen molar-refractivity contribution in [2.45, 2.75) is 52.5 Å². The van der Waals surface area contributed by atoms with E-state index < -0.39 is 15.7 Å². The third kappa shape index (κ3) is 7.31. The van der Waals surface area contributed by atoms with Gasteiger partial charge in [-0.1, -0.05) is 13.8 Å². The Hall–Kier alpha value is -0.170. The van der Waals surface area contributed by atoms with Crippen LogP contribution in [0.15, 0.2) is 0 Å². The molecule has 0 amide bonds. The van der Waals surface area contributed by atoms with Gasteiger partial charge in [-0.3, -0.25) is 0 Å². The van der Waals surface area contributed by atoms with E-state index in [1.165, 1.54) is 4.31 Å². The second-order valence-electron chi connectivity index (χ2n) is 5.27. The van der Waals surface area contributed by atoms with Crippen molar-refractivity contribution < 1.29 is 8.42 Å². The summed E-state index contributed by atoms with van der Waals surface area (Å²) >= 11 is 0. The molecule has 0 aromatic rings. The zero-order valence-corrected chi connectivity index (χ0v) is 13.2. The van der Waals surface area contributed by atoms with E-state index in [0.717, 1.165) is 32.4 Å². The first-order valence-corrected chi connectivity index (χ1v) is 8.15. The van der Waals surface area contributed by atoms with E-state index in [-0.39, 0.29) is 0 Å². The lowest BCUT2D eigenvalue weighted by Crippen LogP contribution is -2.49. The molecule has 0 aliphatic heterocycles. The van der Waals surface area contributed by atoms with Gasteiger partial charge in [0.15, 0.2) is 0 Å². The van der Waals surface area contributed by atoms with Crippen molar-refractivity contribution in [1.82, 2.24) is 14.3 Å². The maximum absolute atomic E-state index is 12.0. The molecule has 0 bridgehead atoms. The number of nitrogens with one attached hydrogen (secondary N) is 2. The van der Waals surface area contributed by atoms with Crippen molar-refractivity contribution in [3.05, 3.63) is 0 Å².